The Balaban J connectivity index is 1.87. The van der Waals surface area contributed by atoms with Crippen LogP contribution in [-0.4, -0.2) is 44.3 Å². The highest BCUT2D eigenvalue weighted by Gasteiger charge is 2.21. The Kier molecular flexibility index (Phi) is 9.87. The monoisotopic (exact) mass is 460 g/mol. The Labute approximate surface area is 190 Å². The zero-order valence-corrected chi connectivity index (χ0v) is 19.8. The lowest BCUT2D eigenvalue weighted by Gasteiger charge is -2.18. The van der Waals surface area contributed by atoms with Crippen LogP contribution < -0.4 is 5.32 Å². The molecule has 1 N–H and O–H groups in total. The predicted octanol–water partition coefficient (Wildman–Crippen LogP) is 4.25. The van der Waals surface area contributed by atoms with Crippen LogP contribution in [0.4, 0.5) is 5.69 Å². The van der Waals surface area contributed by atoms with Gasteiger partial charge in [-0.25, -0.2) is 13.2 Å². The fourth-order valence-electron chi connectivity index (χ4n) is 3.10. The largest absolute Gasteiger partial charge is 0.462 e. The maximum atomic E-state index is 12.5. The number of aryl methyl sites for hydroxylation is 1. The molecule has 2 rings (SSSR count). The van der Waals surface area contributed by atoms with Crippen molar-refractivity contribution in [3.8, 4) is 0 Å². The minimum Gasteiger partial charge on any atom is -0.462 e. The van der Waals surface area contributed by atoms with Gasteiger partial charge in [0, 0.05) is 25.2 Å². The number of anilines is 1. The molecule has 0 spiro atoms. The van der Waals surface area contributed by atoms with E-state index in [0.717, 1.165) is 18.4 Å². The molecule has 0 saturated heterocycles. The number of amides is 1. The van der Waals surface area contributed by atoms with Gasteiger partial charge in [-0.15, -0.1) is 0 Å². The van der Waals surface area contributed by atoms with Crippen LogP contribution in [0.1, 0.15) is 56.0 Å². The van der Waals surface area contributed by atoms with Gasteiger partial charge in [0.15, 0.2) is 0 Å². The first kappa shape index (κ1) is 25.5. The Morgan fingerprint density at radius 1 is 0.938 bits per heavy atom. The minimum absolute atomic E-state index is 0.164. The van der Waals surface area contributed by atoms with Gasteiger partial charge in [-0.05, 0) is 54.8 Å². The minimum atomic E-state index is -3.49. The van der Waals surface area contributed by atoms with E-state index in [1.54, 1.807) is 62.4 Å². The van der Waals surface area contributed by atoms with Crippen molar-refractivity contribution in [2.75, 3.05) is 25.0 Å². The van der Waals surface area contributed by atoms with Crippen molar-refractivity contribution in [3.05, 3.63) is 59.7 Å². The van der Waals surface area contributed by atoms with E-state index in [9.17, 15) is 18.0 Å². The van der Waals surface area contributed by atoms with Crippen LogP contribution in [0.5, 0.6) is 0 Å². The first-order valence-corrected chi connectivity index (χ1v) is 12.4. The standard InChI is InChI=1S/C24H32N2O5S/c1-4-7-18-31-24(28)20-11-13-21(14-12-20)25-23(27)17-10-19-8-15-22(16-9-19)32(29,30)26(5-2)6-3/h8-9,11-16H,4-7,10,17-18H2,1-3H3,(H,25,27). The molecule has 0 bridgehead atoms. The Morgan fingerprint density at radius 3 is 2.12 bits per heavy atom. The number of hydrogen-bond donors (Lipinski definition) is 1. The number of sulfonamides is 1. The highest BCUT2D eigenvalue weighted by molar-refractivity contribution is 7.89. The molecule has 32 heavy (non-hydrogen) atoms. The molecule has 1 amide bonds. The molecule has 0 aliphatic heterocycles. The lowest BCUT2D eigenvalue weighted by Crippen LogP contribution is -2.30. The Morgan fingerprint density at radius 2 is 1.56 bits per heavy atom. The van der Waals surface area contributed by atoms with E-state index in [-0.39, 0.29) is 23.2 Å². The summed E-state index contributed by atoms with van der Waals surface area (Å²) in [5.41, 5.74) is 1.92. The molecule has 0 aliphatic rings. The molecule has 0 unspecified atom stereocenters. The van der Waals surface area contributed by atoms with Crippen LogP contribution in [0.25, 0.3) is 0 Å². The average molecular weight is 461 g/mol. The number of carbonyl (C=O) groups is 2. The van der Waals surface area contributed by atoms with E-state index < -0.39 is 10.0 Å². The second-order valence-electron chi connectivity index (χ2n) is 7.35. The number of carbonyl (C=O) groups excluding carboxylic acids is 2. The molecular formula is C24H32N2O5S. The van der Waals surface area contributed by atoms with E-state index in [4.69, 9.17) is 4.74 Å². The van der Waals surface area contributed by atoms with Gasteiger partial charge in [-0.1, -0.05) is 39.3 Å². The maximum Gasteiger partial charge on any atom is 0.338 e. The van der Waals surface area contributed by atoms with Gasteiger partial charge in [-0.3, -0.25) is 4.79 Å². The molecule has 2 aromatic rings. The van der Waals surface area contributed by atoms with E-state index in [0.29, 0.717) is 37.4 Å². The van der Waals surface area contributed by atoms with Gasteiger partial charge in [0.2, 0.25) is 15.9 Å². The molecule has 0 heterocycles. The summed E-state index contributed by atoms with van der Waals surface area (Å²) >= 11 is 0. The van der Waals surface area contributed by atoms with Gasteiger partial charge in [-0.2, -0.15) is 4.31 Å². The Bertz CT molecular complexity index is 982. The van der Waals surface area contributed by atoms with Crippen LogP contribution in [0.15, 0.2) is 53.4 Å². The Hall–Kier alpha value is -2.71. The summed E-state index contributed by atoms with van der Waals surface area (Å²) in [7, 11) is -3.49. The summed E-state index contributed by atoms with van der Waals surface area (Å²) in [5, 5.41) is 2.80. The maximum absolute atomic E-state index is 12.5. The normalized spacial score (nSPS) is 11.4. The van der Waals surface area contributed by atoms with Crippen molar-refractivity contribution in [2.45, 2.75) is 51.3 Å². The van der Waals surface area contributed by atoms with Crippen molar-refractivity contribution in [1.82, 2.24) is 4.31 Å². The summed E-state index contributed by atoms with van der Waals surface area (Å²) < 4.78 is 31.7. The predicted molar refractivity (Wildman–Crippen MR) is 125 cm³/mol. The van der Waals surface area contributed by atoms with Gasteiger partial charge in [0.25, 0.3) is 0 Å². The molecule has 2 aromatic carbocycles. The van der Waals surface area contributed by atoms with E-state index in [2.05, 4.69) is 5.32 Å². The zero-order valence-electron chi connectivity index (χ0n) is 19.0. The number of benzene rings is 2. The van der Waals surface area contributed by atoms with Gasteiger partial charge in [0.1, 0.15) is 0 Å². The molecule has 174 valence electrons. The van der Waals surface area contributed by atoms with Crippen molar-refractivity contribution in [2.24, 2.45) is 0 Å². The zero-order chi connectivity index (χ0) is 23.6. The van der Waals surface area contributed by atoms with Crippen LogP contribution >= 0.6 is 0 Å². The second kappa shape index (κ2) is 12.4. The fraction of sp³-hybridized carbons (Fsp3) is 0.417. The van der Waals surface area contributed by atoms with Crippen molar-refractivity contribution in [1.29, 1.82) is 0 Å². The van der Waals surface area contributed by atoms with E-state index in [1.807, 2.05) is 6.92 Å². The number of nitrogens with one attached hydrogen (secondary N) is 1. The molecule has 0 atom stereocenters. The number of nitrogens with zero attached hydrogens (tertiary/aromatic N) is 1. The number of ether oxygens (including phenoxy) is 1. The number of hydrogen-bond acceptors (Lipinski definition) is 5. The first-order valence-electron chi connectivity index (χ1n) is 11.0. The van der Waals surface area contributed by atoms with Gasteiger partial charge >= 0.3 is 5.97 Å². The summed E-state index contributed by atoms with van der Waals surface area (Å²) in [6, 6.07) is 13.2. The van der Waals surface area contributed by atoms with Crippen LogP contribution in [0.2, 0.25) is 0 Å². The number of unbranched alkanes of at least 4 members (excludes halogenated alkanes) is 1. The number of esters is 1. The summed E-state index contributed by atoms with van der Waals surface area (Å²) in [5.74, 6) is -0.536. The third-order valence-corrected chi connectivity index (χ3v) is 7.11. The van der Waals surface area contributed by atoms with Crippen LogP contribution in [0.3, 0.4) is 0 Å². The third-order valence-electron chi connectivity index (χ3n) is 5.04. The molecule has 0 saturated carbocycles. The average Bonchev–Trinajstić information content (AvgIpc) is 2.79. The molecule has 7 nitrogen and oxygen atoms in total. The van der Waals surface area contributed by atoms with E-state index >= 15 is 0 Å². The molecule has 0 radical (unpaired) electrons. The molecular weight excluding hydrogens is 428 g/mol. The lowest BCUT2D eigenvalue weighted by molar-refractivity contribution is -0.116. The summed E-state index contributed by atoms with van der Waals surface area (Å²) in [6.45, 7) is 6.87. The van der Waals surface area contributed by atoms with Crippen molar-refractivity contribution >= 4 is 27.6 Å². The summed E-state index contributed by atoms with van der Waals surface area (Å²) in [4.78, 5) is 24.4. The quantitative estimate of drug-likeness (QED) is 0.378. The van der Waals surface area contributed by atoms with Crippen LogP contribution in [-0.2, 0) is 26.0 Å². The fourth-order valence-corrected chi connectivity index (χ4v) is 4.56. The third kappa shape index (κ3) is 7.17. The second-order valence-corrected chi connectivity index (χ2v) is 9.29. The van der Waals surface area contributed by atoms with Gasteiger partial charge < -0.3 is 10.1 Å². The molecule has 0 fully saturated rings. The molecule has 0 aliphatic carbocycles. The molecule has 0 aromatic heterocycles. The topological polar surface area (TPSA) is 92.8 Å². The summed E-state index contributed by atoms with van der Waals surface area (Å²) in [6.07, 6.45) is 2.52. The van der Waals surface area contributed by atoms with Crippen LogP contribution in [0, 0.1) is 0 Å². The van der Waals surface area contributed by atoms with Crippen molar-refractivity contribution < 1.29 is 22.7 Å². The highest BCUT2D eigenvalue weighted by Crippen LogP contribution is 2.17. The van der Waals surface area contributed by atoms with E-state index in [1.165, 1.54) is 4.31 Å². The molecule has 8 heteroatoms. The van der Waals surface area contributed by atoms with Gasteiger partial charge in [0.05, 0.1) is 17.1 Å². The highest BCUT2D eigenvalue weighted by atomic mass is 32.2. The van der Waals surface area contributed by atoms with Crippen molar-refractivity contribution in [3.63, 3.8) is 0 Å². The SMILES string of the molecule is CCCCOC(=O)c1ccc(NC(=O)CCc2ccc(S(=O)(=O)N(CC)CC)cc2)cc1. The smallest absolute Gasteiger partial charge is 0.338 e. The number of rotatable bonds is 12. The first-order chi connectivity index (χ1) is 15.3. The lowest BCUT2D eigenvalue weighted by atomic mass is 10.1.